The van der Waals surface area contributed by atoms with E-state index >= 15 is 0 Å². The molecule has 5 nitrogen and oxygen atoms in total. The minimum atomic E-state index is -0.571. The van der Waals surface area contributed by atoms with Gasteiger partial charge in [-0.25, -0.2) is 0 Å². The molecule has 23 heavy (non-hydrogen) atoms. The Labute approximate surface area is 137 Å². The Hall–Kier alpha value is -1.88. The molecule has 0 radical (unpaired) electrons. The van der Waals surface area contributed by atoms with Crippen LogP contribution in [0.1, 0.15) is 25.8 Å². The van der Waals surface area contributed by atoms with E-state index in [1.165, 1.54) is 5.56 Å². The smallest absolute Gasteiger partial charge is 0.242 e. The first-order valence-corrected chi connectivity index (χ1v) is 8.39. The van der Waals surface area contributed by atoms with Crippen molar-refractivity contribution in [1.82, 2.24) is 15.1 Å². The van der Waals surface area contributed by atoms with Crippen LogP contribution in [-0.2, 0) is 16.1 Å². The van der Waals surface area contributed by atoms with Crippen molar-refractivity contribution in [2.45, 2.75) is 32.4 Å². The molecule has 1 aromatic rings. The maximum Gasteiger partial charge on any atom is 0.242 e. The largest absolute Gasteiger partial charge is 0.354 e. The standard InChI is InChI=1S/C18H25N3O2/c1-14(2)16(22)20-10-11-21(12-15-6-4-3-5-7-15)18(13-20)8-9-19-17(18)23/h3-7,14H,8-13H2,1-2H3,(H,19,23). The highest BCUT2D eigenvalue weighted by Crippen LogP contribution is 2.31. The van der Waals surface area contributed by atoms with E-state index in [1.54, 1.807) is 0 Å². The molecular weight excluding hydrogens is 290 g/mol. The molecule has 1 unspecified atom stereocenters. The second kappa shape index (κ2) is 6.32. The van der Waals surface area contributed by atoms with E-state index in [-0.39, 0.29) is 17.7 Å². The molecule has 2 amide bonds. The van der Waals surface area contributed by atoms with Crippen molar-refractivity contribution in [2.24, 2.45) is 5.92 Å². The van der Waals surface area contributed by atoms with Crippen LogP contribution in [0, 0.1) is 5.92 Å². The van der Waals surface area contributed by atoms with Crippen molar-refractivity contribution in [1.29, 1.82) is 0 Å². The van der Waals surface area contributed by atoms with Gasteiger partial charge in [0.15, 0.2) is 0 Å². The van der Waals surface area contributed by atoms with E-state index < -0.39 is 5.54 Å². The highest BCUT2D eigenvalue weighted by molar-refractivity contribution is 5.90. The number of carbonyl (C=O) groups excluding carboxylic acids is 2. The van der Waals surface area contributed by atoms with Crippen molar-refractivity contribution >= 4 is 11.8 Å². The first-order valence-electron chi connectivity index (χ1n) is 8.39. The second-order valence-electron chi connectivity index (χ2n) is 6.86. The van der Waals surface area contributed by atoms with Gasteiger partial charge >= 0.3 is 0 Å². The third-order valence-corrected chi connectivity index (χ3v) is 4.97. The molecule has 2 heterocycles. The van der Waals surface area contributed by atoms with Crippen LogP contribution in [0.5, 0.6) is 0 Å². The summed E-state index contributed by atoms with van der Waals surface area (Å²) in [6.45, 7) is 7.20. The Balaban J connectivity index is 1.83. The Kier molecular flexibility index (Phi) is 4.39. The fraction of sp³-hybridized carbons (Fsp3) is 0.556. The molecule has 2 aliphatic heterocycles. The predicted molar refractivity (Wildman–Crippen MR) is 88.6 cm³/mol. The maximum absolute atomic E-state index is 12.6. The zero-order valence-corrected chi connectivity index (χ0v) is 13.9. The predicted octanol–water partition coefficient (Wildman–Crippen LogP) is 1.25. The molecule has 2 fully saturated rings. The normalized spacial score (nSPS) is 25.2. The summed E-state index contributed by atoms with van der Waals surface area (Å²) in [6.07, 6.45) is 0.764. The van der Waals surface area contributed by atoms with Gasteiger partial charge in [0.25, 0.3) is 0 Å². The summed E-state index contributed by atoms with van der Waals surface area (Å²) in [4.78, 5) is 29.1. The zero-order chi connectivity index (χ0) is 16.4. The molecule has 124 valence electrons. The molecule has 0 aliphatic carbocycles. The highest BCUT2D eigenvalue weighted by atomic mass is 16.2. The van der Waals surface area contributed by atoms with Gasteiger partial charge in [0.2, 0.25) is 11.8 Å². The number of hydrogen-bond acceptors (Lipinski definition) is 3. The number of nitrogens with zero attached hydrogens (tertiary/aromatic N) is 2. The fourth-order valence-corrected chi connectivity index (χ4v) is 3.65. The van der Waals surface area contributed by atoms with Gasteiger partial charge < -0.3 is 10.2 Å². The van der Waals surface area contributed by atoms with Crippen LogP contribution >= 0.6 is 0 Å². The lowest BCUT2D eigenvalue weighted by Crippen LogP contribution is -2.66. The number of benzene rings is 1. The molecule has 1 spiro atoms. The van der Waals surface area contributed by atoms with Crippen molar-refractivity contribution in [2.75, 3.05) is 26.2 Å². The summed E-state index contributed by atoms with van der Waals surface area (Å²) in [7, 11) is 0. The van der Waals surface area contributed by atoms with Gasteiger partial charge in [-0.2, -0.15) is 0 Å². The fourth-order valence-electron chi connectivity index (χ4n) is 3.65. The summed E-state index contributed by atoms with van der Waals surface area (Å²) in [5.74, 6) is 0.176. The number of piperazine rings is 1. The minimum Gasteiger partial charge on any atom is -0.354 e. The topological polar surface area (TPSA) is 52.7 Å². The van der Waals surface area contributed by atoms with Crippen LogP contribution in [0.25, 0.3) is 0 Å². The van der Waals surface area contributed by atoms with Gasteiger partial charge in [-0.3, -0.25) is 14.5 Å². The van der Waals surface area contributed by atoms with Gasteiger partial charge in [-0.05, 0) is 12.0 Å². The summed E-state index contributed by atoms with van der Waals surface area (Å²) < 4.78 is 0. The quantitative estimate of drug-likeness (QED) is 0.913. The maximum atomic E-state index is 12.6. The number of rotatable bonds is 3. The number of amides is 2. The van der Waals surface area contributed by atoms with Crippen LogP contribution in [0.2, 0.25) is 0 Å². The Morgan fingerprint density at radius 1 is 1.26 bits per heavy atom. The van der Waals surface area contributed by atoms with Crippen LogP contribution in [-0.4, -0.2) is 53.3 Å². The molecule has 1 aromatic carbocycles. The molecule has 1 N–H and O–H groups in total. The summed E-state index contributed by atoms with van der Waals surface area (Å²) in [6, 6.07) is 10.2. The van der Waals surface area contributed by atoms with E-state index in [1.807, 2.05) is 36.9 Å². The third kappa shape index (κ3) is 2.98. The number of carbonyl (C=O) groups is 2. The number of hydrogen-bond donors (Lipinski definition) is 1. The minimum absolute atomic E-state index is 0.0304. The molecule has 0 aromatic heterocycles. The van der Waals surface area contributed by atoms with Crippen molar-refractivity contribution < 1.29 is 9.59 Å². The Morgan fingerprint density at radius 3 is 2.61 bits per heavy atom. The first-order chi connectivity index (χ1) is 11.0. The Bertz CT molecular complexity index is 587. The first kappa shape index (κ1) is 16.0. The molecular formula is C18H25N3O2. The molecule has 0 saturated carbocycles. The molecule has 2 saturated heterocycles. The second-order valence-corrected chi connectivity index (χ2v) is 6.86. The summed E-state index contributed by atoms with van der Waals surface area (Å²) in [5, 5.41) is 2.97. The molecule has 2 aliphatic rings. The van der Waals surface area contributed by atoms with Crippen LogP contribution in [0.3, 0.4) is 0 Å². The lowest BCUT2D eigenvalue weighted by Gasteiger charge is -2.47. The van der Waals surface area contributed by atoms with Gasteiger partial charge in [-0.1, -0.05) is 44.2 Å². The van der Waals surface area contributed by atoms with Gasteiger partial charge in [0.1, 0.15) is 5.54 Å². The lowest BCUT2D eigenvalue weighted by molar-refractivity contribution is -0.146. The van der Waals surface area contributed by atoms with Crippen molar-refractivity contribution in [3.63, 3.8) is 0 Å². The van der Waals surface area contributed by atoms with E-state index in [0.717, 1.165) is 19.5 Å². The highest BCUT2D eigenvalue weighted by Gasteiger charge is 2.51. The third-order valence-electron chi connectivity index (χ3n) is 4.97. The molecule has 0 bridgehead atoms. The SMILES string of the molecule is CC(C)C(=O)N1CCN(Cc2ccccc2)C2(CCNC2=O)C1. The summed E-state index contributed by atoms with van der Waals surface area (Å²) >= 11 is 0. The lowest BCUT2D eigenvalue weighted by atomic mass is 9.90. The van der Waals surface area contributed by atoms with Crippen molar-refractivity contribution in [3.05, 3.63) is 35.9 Å². The summed E-state index contributed by atoms with van der Waals surface area (Å²) in [5.41, 5.74) is 0.633. The van der Waals surface area contributed by atoms with Crippen LogP contribution < -0.4 is 5.32 Å². The Morgan fingerprint density at radius 2 is 2.00 bits per heavy atom. The average molecular weight is 315 g/mol. The van der Waals surface area contributed by atoms with E-state index in [4.69, 9.17) is 0 Å². The van der Waals surface area contributed by atoms with Crippen LogP contribution in [0.15, 0.2) is 30.3 Å². The van der Waals surface area contributed by atoms with Gasteiger partial charge in [0.05, 0.1) is 0 Å². The van der Waals surface area contributed by atoms with E-state index in [2.05, 4.69) is 22.3 Å². The monoisotopic (exact) mass is 315 g/mol. The van der Waals surface area contributed by atoms with Crippen LogP contribution in [0.4, 0.5) is 0 Å². The van der Waals surface area contributed by atoms with E-state index in [9.17, 15) is 9.59 Å². The average Bonchev–Trinajstić information content (AvgIpc) is 2.91. The van der Waals surface area contributed by atoms with Gasteiger partial charge in [0, 0.05) is 38.6 Å². The zero-order valence-electron chi connectivity index (χ0n) is 13.9. The number of nitrogens with one attached hydrogen (secondary N) is 1. The molecule has 3 rings (SSSR count). The van der Waals surface area contributed by atoms with E-state index in [0.29, 0.717) is 19.6 Å². The molecule has 1 atom stereocenters. The molecule has 5 heteroatoms. The van der Waals surface area contributed by atoms with Crippen molar-refractivity contribution in [3.8, 4) is 0 Å². The van der Waals surface area contributed by atoms with Gasteiger partial charge in [-0.15, -0.1) is 0 Å².